The smallest absolute Gasteiger partial charge is 0.227 e. The van der Waals surface area contributed by atoms with E-state index in [9.17, 15) is 4.79 Å². The van der Waals surface area contributed by atoms with E-state index in [0.29, 0.717) is 0 Å². The van der Waals surface area contributed by atoms with Crippen LogP contribution in [-0.4, -0.2) is 47.1 Å². The van der Waals surface area contributed by atoms with E-state index < -0.39 is 0 Å². The largest absolute Gasteiger partial charge is 0.374 e. The summed E-state index contributed by atoms with van der Waals surface area (Å²) >= 11 is 1.41. The van der Waals surface area contributed by atoms with Crippen LogP contribution in [0.3, 0.4) is 0 Å². The normalized spacial score (nSPS) is 22.9. The molecule has 0 aromatic carbocycles. The van der Waals surface area contributed by atoms with Crippen molar-refractivity contribution in [2.75, 3.05) is 32.0 Å². The molecule has 0 aliphatic carbocycles. The molecule has 1 aromatic heterocycles. The maximum atomic E-state index is 11.9. The van der Waals surface area contributed by atoms with Gasteiger partial charge >= 0.3 is 0 Å². The van der Waals surface area contributed by atoms with Gasteiger partial charge in [-0.05, 0) is 26.3 Å². The molecule has 1 saturated heterocycles. The maximum absolute atomic E-state index is 11.9. The van der Waals surface area contributed by atoms with E-state index in [-0.39, 0.29) is 11.3 Å². The highest BCUT2D eigenvalue weighted by Crippen LogP contribution is 2.32. The first-order valence-electron chi connectivity index (χ1n) is 7.08. The Morgan fingerprint density at radius 1 is 1.55 bits per heavy atom. The molecule has 0 spiro atoms. The van der Waals surface area contributed by atoms with Gasteiger partial charge in [0.1, 0.15) is 10.7 Å². The van der Waals surface area contributed by atoms with Gasteiger partial charge in [0.05, 0.1) is 5.41 Å². The summed E-state index contributed by atoms with van der Waals surface area (Å²) in [5, 5.41) is 11.4. The van der Waals surface area contributed by atoms with Crippen molar-refractivity contribution >= 4 is 22.4 Å². The Morgan fingerprint density at radius 2 is 2.35 bits per heavy atom. The van der Waals surface area contributed by atoms with Gasteiger partial charge < -0.3 is 10.6 Å². The second kappa shape index (κ2) is 6.49. The second-order valence-electron chi connectivity index (χ2n) is 5.58. The van der Waals surface area contributed by atoms with Crippen LogP contribution in [0, 0.1) is 5.41 Å². The monoisotopic (exact) mass is 297 g/mol. The molecule has 2 heterocycles. The molecule has 20 heavy (non-hydrogen) atoms. The molecule has 0 saturated carbocycles. The Morgan fingerprint density at radius 3 is 3.05 bits per heavy atom. The Bertz CT molecular complexity index is 463. The lowest BCUT2D eigenvalue weighted by atomic mass is 9.89. The predicted molar refractivity (Wildman–Crippen MR) is 80.8 cm³/mol. The highest BCUT2D eigenvalue weighted by Gasteiger charge is 2.39. The number of rotatable bonds is 6. The van der Waals surface area contributed by atoms with Crippen molar-refractivity contribution < 1.29 is 4.79 Å². The van der Waals surface area contributed by atoms with E-state index in [1.54, 1.807) is 7.05 Å². The molecular formula is C13H23N5OS. The summed E-state index contributed by atoms with van der Waals surface area (Å²) in [5.74, 6) is 0.126. The third-order valence-electron chi connectivity index (χ3n) is 3.79. The molecule has 2 rings (SSSR count). The number of aromatic nitrogens is 2. The van der Waals surface area contributed by atoms with Gasteiger partial charge in [-0.25, -0.2) is 0 Å². The first kappa shape index (κ1) is 15.2. The topological polar surface area (TPSA) is 70.2 Å². The van der Waals surface area contributed by atoms with Gasteiger partial charge in [0.25, 0.3) is 0 Å². The lowest BCUT2D eigenvalue weighted by Gasteiger charge is -2.22. The zero-order chi connectivity index (χ0) is 14.6. The van der Waals surface area contributed by atoms with Crippen molar-refractivity contribution in [3.63, 3.8) is 0 Å². The number of hydrogen-bond donors (Lipinski definition) is 2. The Kier molecular flexibility index (Phi) is 4.93. The molecule has 1 aromatic rings. The number of likely N-dealkylation sites (tertiary alicyclic amines) is 1. The fourth-order valence-corrected chi connectivity index (χ4v) is 3.17. The first-order valence-corrected chi connectivity index (χ1v) is 7.86. The zero-order valence-electron chi connectivity index (χ0n) is 12.4. The van der Waals surface area contributed by atoms with Crippen molar-refractivity contribution in [1.29, 1.82) is 0 Å². The maximum Gasteiger partial charge on any atom is 0.227 e. The highest BCUT2D eigenvalue weighted by molar-refractivity contribution is 7.10. The SMILES string of the molecule is CCCNc1snnc1CN1CCC(C)(C(=O)NC)C1. The summed E-state index contributed by atoms with van der Waals surface area (Å²) in [4.78, 5) is 14.2. The number of carbonyl (C=O) groups excluding carboxylic acids is 1. The second-order valence-corrected chi connectivity index (χ2v) is 6.33. The fraction of sp³-hybridized carbons (Fsp3) is 0.769. The number of hydrogen-bond acceptors (Lipinski definition) is 6. The van der Waals surface area contributed by atoms with Crippen LogP contribution in [0.2, 0.25) is 0 Å². The molecule has 1 amide bonds. The van der Waals surface area contributed by atoms with Crippen LogP contribution < -0.4 is 10.6 Å². The van der Waals surface area contributed by atoms with Crippen LogP contribution in [0.15, 0.2) is 0 Å². The van der Waals surface area contributed by atoms with Crippen LogP contribution in [0.5, 0.6) is 0 Å². The lowest BCUT2D eigenvalue weighted by molar-refractivity contribution is -0.129. The summed E-state index contributed by atoms with van der Waals surface area (Å²) in [7, 11) is 1.70. The van der Waals surface area contributed by atoms with Crippen molar-refractivity contribution in [1.82, 2.24) is 19.8 Å². The molecule has 1 aliphatic heterocycles. The molecule has 0 bridgehead atoms. The van der Waals surface area contributed by atoms with Crippen LogP contribution in [0.1, 0.15) is 32.4 Å². The molecule has 1 unspecified atom stereocenters. The third-order valence-corrected chi connectivity index (χ3v) is 4.52. The zero-order valence-corrected chi connectivity index (χ0v) is 13.2. The van der Waals surface area contributed by atoms with E-state index in [1.807, 2.05) is 6.92 Å². The number of nitrogens with one attached hydrogen (secondary N) is 2. The Hall–Kier alpha value is -1.21. The van der Waals surface area contributed by atoms with E-state index >= 15 is 0 Å². The minimum atomic E-state index is -0.283. The molecule has 0 radical (unpaired) electrons. The third kappa shape index (κ3) is 3.27. The van der Waals surface area contributed by atoms with Gasteiger partial charge in [-0.3, -0.25) is 9.69 Å². The van der Waals surface area contributed by atoms with Crippen LogP contribution in [0.25, 0.3) is 0 Å². The average Bonchev–Trinajstić information content (AvgIpc) is 3.04. The summed E-state index contributed by atoms with van der Waals surface area (Å²) in [6.07, 6.45) is 1.97. The predicted octanol–water partition coefficient (Wildman–Crippen LogP) is 1.32. The molecule has 1 fully saturated rings. The van der Waals surface area contributed by atoms with Crippen LogP contribution >= 0.6 is 11.5 Å². The van der Waals surface area contributed by atoms with Gasteiger partial charge in [0, 0.05) is 38.2 Å². The molecule has 1 aliphatic rings. The van der Waals surface area contributed by atoms with Gasteiger partial charge in [0.2, 0.25) is 5.91 Å². The van der Waals surface area contributed by atoms with Crippen molar-refractivity contribution in [3.05, 3.63) is 5.69 Å². The molecule has 2 N–H and O–H groups in total. The minimum absolute atomic E-state index is 0.126. The van der Waals surface area contributed by atoms with Crippen LogP contribution in [-0.2, 0) is 11.3 Å². The van der Waals surface area contributed by atoms with Gasteiger partial charge in [0.15, 0.2) is 0 Å². The summed E-state index contributed by atoms with van der Waals surface area (Å²) in [5.41, 5.74) is 0.708. The number of amides is 1. The van der Waals surface area contributed by atoms with Crippen LogP contribution in [0.4, 0.5) is 5.00 Å². The molecule has 7 heteroatoms. The van der Waals surface area contributed by atoms with Crippen molar-refractivity contribution in [3.8, 4) is 0 Å². The van der Waals surface area contributed by atoms with Gasteiger partial charge in [-0.2, -0.15) is 0 Å². The molecule has 112 valence electrons. The molecule has 1 atom stereocenters. The minimum Gasteiger partial charge on any atom is -0.374 e. The number of nitrogens with zero attached hydrogens (tertiary/aromatic N) is 3. The fourth-order valence-electron chi connectivity index (χ4n) is 2.58. The summed E-state index contributed by atoms with van der Waals surface area (Å²) < 4.78 is 4.03. The van der Waals surface area contributed by atoms with Crippen molar-refractivity contribution in [2.45, 2.75) is 33.2 Å². The Labute approximate surface area is 124 Å². The highest BCUT2D eigenvalue weighted by atomic mass is 32.1. The summed E-state index contributed by atoms with van der Waals surface area (Å²) in [6, 6.07) is 0. The summed E-state index contributed by atoms with van der Waals surface area (Å²) in [6.45, 7) is 7.56. The van der Waals surface area contributed by atoms with E-state index in [1.165, 1.54) is 11.5 Å². The van der Waals surface area contributed by atoms with E-state index in [0.717, 1.165) is 49.7 Å². The molecular weight excluding hydrogens is 274 g/mol. The van der Waals surface area contributed by atoms with Gasteiger partial charge in [-0.1, -0.05) is 11.4 Å². The first-order chi connectivity index (χ1) is 9.59. The standard InChI is InChI=1S/C13H23N5OS/c1-4-6-15-11-10(16-17-20-11)8-18-7-5-13(2,9-18)12(19)14-3/h15H,4-9H2,1-3H3,(H,14,19). The number of carbonyl (C=O) groups is 1. The van der Waals surface area contributed by atoms with E-state index in [2.05, 4.69) is 32.0 Å². The van der Waals surface area contributed by atoms with Crippen molar-refractivity contribution in [2.24, 2.45) is 5.41 Å². The Balaban J connectivity index is 1.95. The molecule has 6 nitrogen and oxygen atoms in total. The van der Waals surface area contributed by atoms with E-state index in [4.69, 9.17) is 0 Å². The van der Waals surface area contributed by atoms with Gasteiger partial charge in [-0.15, -0.1) is 5.10 Å². The quantitative estimate of drug-likeness (QED) is 0.828. The lowest BCUT2D eigenvalue weighted by Crippen LogP contribution is -2.39. The number of anilines is 1. The average molecular weight is 297 g/mol.